The van der Waals surface area contributed by atoms with Gasteiger partial charge in [0.2, 0.25) is 23.6 Å². The van der Waals surface area contributed by atoms with Gasteiger partial charge in [0.05, 0.1) is 28.9 Å². The van der Waals surface area contributed by atoms with Crippen molar-refractivity contribution >= 4 is 40.9 Å². The lowest BCUT2D eigenvalue weighted by atomic mass is 9.49. The lowest BCUT2D eigenvalue weighted by Gasteiger charge is -2.50. The molecule has 2 N–H and O–H groups in total. The number of likely N-dealkylation sites (tertiary alicyclic amines) is 1. The molecule has 252 valence electrons. The highest BCUT2D eigenvalue weighted by molar-refractivity contribution is 6.32. The number of halogens is 1. The van der Waals surface area contributed by atoms with Crippen LogP contribution in [0, 0.1) is 30.6 Å². The largest absolute Gasteiger partial charge is 0.508 e. The topological polar surface area (TPSA) is 115 Å². The first-order valence-electron chi connectivity index (χ1n) is 16.9. The summed E-state index contributed by atoms with van der Waals surface area (Å²) in [5.41, 5.74) is 2.82. The molecule has 2 heterocycles. The summed E-state index contributed by atoms with van der Waals surface area (Å²) < 4.78 is 0. The quantitative estimate of drug-likeness (QED) is 0.178. The van der Waals surface area contributed by atoms with Crippen LogP contribution in [0.5, 0.6) is 11.5 Å². The Morgan fingerprint density at radius 3 is 2.30 bits per heavy atom. The number of fused-ring (bicyclic) bond motifs is 4. The zero-order valence-corrected chi connectivity index (χ0v) is 28.1. The molecule has 4 aromatic carbocycles. The van der Waals surface area contributed by atoms with E-state index >= 15 is 4.79 Å². The first-order chi connectivity index (χ1) is 24.1. The van der Waals surface area contributed by atoms with Crippen LogP contribution in [0.25, 0.3) is 0 Å². The number of benzene rings is 4. The molecule has 4 aliphatic rings. The van der Waals surface area contributed by atoms with Gasteiger partial charge in [-0.3, -0.25) is 24.1 Å². The van der Waals surface area contributed by atoms with Crippen molar-refractivity contribution in [1.29, 1.82) is 0 Å². The summed E-state index contributed by atoms with van der Waals surface area (Å²) in [6.07, 6.45) is 3.02. The monoisotopic (exact) mass is 686 g/mol. The Balaban J connectivity index is 1.28. The van der Waals surface area contributed by atoms with Gasteiger partial charge in [0, 0.05) is 17.5 Å². The third kappa shape index (κ3) is 4.72. The number of hydrogen-bond donors (Lipinski definition) is 2. The van der Waals surface area contributed by atoms with Gasteiger partial charge < -0.3 is 10.2 Å². The van der Waals surface area contributed by atoms with Crippen LogP contribution in [0.4, 0.5) is 5.69 Å². The molecule has 8 rings (SSSR count). The summed E-state index contributed by atoms with van der Waals surface area (Å²) in [5, 5.41) is 20.6. The van der Waals surface area contributed by atoms with E-state index in [1.54, 1.807) is 67.6 Å². The Morgan fingerprint density at radius 1 is 0.820 bits per heavy atom. The van der Waals surface area contributed by atoms with Crippen LogP contribution >= 0.6 is 11.6 Å². The molecule has 50 heavy (non-hydrogen) atoms. The van der Waals surface area contributed by atoms with Crippen molar-refractivity contribution in [3.8, 4) is 11.5 Å². The molecule has 2 aliphatic heterocycles. The average molecular weight is 687 g/mol. The van der Waals surface area contributed by atoms with Gasteiger partial charge in [0.15, 0.2) is 0 Å². The van der Waals surface area contributed by atoms with Crippen LogP contribution in [0.1, 0.15) is 41.0 Å². The number of phenols is 2. The fourth-order valence-electron chi connectivity index (χ4n) is 9.17. The highest BCUT2D eigenvalue weighted by atomic mass is 35.5. The van der Waals surface area contributed by atoms with Gasteiger partial charge in [-0.15, -0.1) is 0 Å². The molecule has 1 saturated carbocycles. The van der Waals surface area contributed by atoms with Gasteiger partial charge in [-0.2, -0.15) is 0 Å². The first-order valence-corrected chi connectivity index (χ1v) is 17.3. The van der Waals surface area contributed by atoms with Crippen molar-refractivity contribution in [1.82, 2.24) is 4.90 Å². The van der Waals surface area contributed by atoms with Crippen molar-refractivity contribution in [3.05, 3.63) is 136 Å². The molecule has 6 atom stereocenters. The fourth-order valence-corrected chi connectivity index (χ4v) is 9.35. The minimum Gasteiger partial charge on any atom is -0.508 e. The van der Waals surface area contributed by atoms with Gasteiger partial charge in [-0.25, -0.2) is 4.90 Å². The number of aryl methyl sites for hydroxylation is 1. The molecule has 4 amide bonds. The number of carbonyl (C=O) groups is 4. The van der Waals surface area contributed by atoms with E-state index in [4.69, 9.17) is 11.6 Å². The van der Waals surface area contributed by atoms with E-state index in [0.717, 1.165) is 16.7 Å². The molecule has 8 nitrogen and oxygen atoms in total. The molecular weight excluding hydrogens is 652 g/mol. The Morgan fingerprint density at radius 2 is 1.58 bits per heavy atom. The highest BCUT2D eigenvalue weighted by Gasteiger charge is 2.70. The van der Waals surface area contributed by atoms with Crippen LogP contribution in [0.3, 0.4) is 0 Å². The molecule has 3 fully saturated rings. The van der Waals surface area contributed by atoms with Crippen LogP contribution in [0.2, 0.25) is 5.02 Å². The Kier molecular flexibility index (Phi) is 7.68. The van der Waals surface area contributed by atoms with E-state index in [9.17, 15) is 24.6 Å². The minimum atomic E-state index is -1.37. The van der Waals surface area contributed by atoms with Gasteiger partial charge in [0.1, 0.15) is 11.5 Å². The first kappa shape index (κ1) is 32.0. The maximum absolute atomic E-state index is 15.3. The maximum atomic E-state index is 15.3. The van der Waals surface area contributed by atoms with Crippen LogP contribution in [-0.4, -0.2) is 45.3 Å². The normalized spacial score (nSPS) is 27.2. The van der Waals surface area contributed by atoms with Gasteiger partial charge in [-0.05, 0) is 90.8 Å². The number of hydrogen-bond acceptors (Lipinski definition) is 6. The molecule has 0 aromatic heterocycles. The molecule has 0 bridgehead atoms. The van der Waals surface area contributed by atoms with Crippen LogP contribution < -0.4 is 4.90 Å². The molecule has 2 saturated heterocycles. The lowest BCUT2D eigenvalue weighted by Crippen LogP contribution is -2.53. The standard InChI is InChI=1S/C41H35ClN2O6/c1-23-20-25(12-17-34(23)46)36-30-15-16-31-35(39(49)43(37(31)47)19-18-24-10-13-29(45)14-11-24)32(30)22-33-38(48)44(28-9-5-8-27(42)21-28)40(50)41(33,36)26-6-3-2-4-7-26/h2-15,17,20-21,31-33,35-36,45-46H,16,18-19,22H2,1H3. The van der Waals surface area contributed by atoms with E-state index in [1.807, 2.05) is 42.5 Å². The number of carbonyl (C=O) groups excluding carboxylic acids is 4. The predicted molar refractivity (Wildman–Crippen MR) is 187 cm³/mol. The van der Waals surface area contributed by atoms with Gasteiger partial charge >= 0.3 is 0 Å². The lowest BCUT2D eigenvalue weighted by molar-refractivity contribution is -0.140. The van der Waals surface area contributed by atoms with Crippen LogP contribution in [0.15, 0.2) is 109 Å². The molecular formula is C41H35ClN2O6. The zero-order chi connectivity index (χ0) is 34.9. The maximum Gasteiger partial charge on any atom is 0.246 e. The average Bonchev–Trinajstić information content (AvgIpc) is 3.50. The molecule has 2 aliphatic carbocycles. The summed E-state index contributed by atoms with van der Waals surface area (Å²) in [7, 11) is 0. The van der Waals surface area contributed by atoms with E-state index in [0.29, 0.717) is 34.7 Å². The number of allylic oxidation sites excluding steroid dienone is 2. The summed E-state index contributed by atoms with van der Waals surface area (Å²) in [6.45, 7) is 2.00. The van der Waals surface area contributed by atoms with Gasteiger partial charge in [0.25, 0.3) is 0 Å². The summed E-state index contributed by atoms with van der Waals surface area (Å²) >= 11 is 6.39. The van der Waals surface area contributed by atoms with E-state index in [2.05, 4.69) is 0 Å². The predicted octanol–water partition coefficient (Wildman–Crippen LogP) is 6.46. The minimum absolute atomic E-state index is 0.110. The summed E-state index contributed by atoms with van der Waals surface area (Å²) in [4.78, 5) is 61.0. The van der Waals surface area contributed by atoms with Crippen molar-refractivity contribution in [2.24, 2.45) is 23.7 Å². The van der Waals surface area contributed by atoms with E-state index in [-0.39, 0.29) is 48.1 Å². The number of imide groups is 2. The highest BCUT2D eigenvalue weighted by Crippen LogP contribution is 2.64. The molecule has 0 spiro atoms. The van der Waals surface area contributed by atoms with Crippen molar-refractivity contribution in [2.75, 3.05) is 11.4 Å². The van der Waals surface area contributed by atoms with E-state index in [1.165, 1.54) is 9.80 Å². The molecule has 9 heteroatoms. The molecule has 0 radical (unpaired) electrons. The molecule has 6 unspecified atom stereocenters. The second-order valence-electron chi connectivity index (χ2n) is 13.9. The number of rotatable bonds is 6. The second-order valence-corrected chi connectivity index (χ2v) is 14.3. The number of anilines is 1. The number of amides is 4. The Hall–Kier alpha value is -5.21. The fraction of sp³-hybridized carbons (Fsp3) is 0.268. The Labute approximate surface area is 294 Å². The van der Waals surface area contributed by atoms with Crippen molar-refractivity contribution in [2.45, 2.75) is 37.5 Å². The Bertz CT molecular complexity index is 2100. The van der Waals surface area contributed by atoms with Gasteiger partial charge in [-0.1, -0.05) is 83.9 Å². The summed E-state index contributed by atoms with van der Waals surface area (Å²) in [6, 6.07) is 28.1. The third-order valence-electron chi connectivity index (χ3n) is 11.4. The van der Waals surface area contributed by atoms with Crippen LogP contribution in [-0.2, 0) is 31.0 Å². The van der Waals surface area contributed by atoms with Crippen molar-refractivity contribution in [3.63, 3.8) is 0 Å². The number of phenolic OH excluding ortho intramolecular Hbond substituents is 2. The van der Waals surface area contributed by atoms with E-state index < -0.39 is 35.0 Å². The number of aromatic hydroxyl groups is 2. The SMILES string of the molecule is Cc1cc(C2C3=CCC4C(=O)N(CCc5ccc(O)cc5)C(=O)C4C3CC3C(=O)N(c4cccc(Cl)c4)C(=O)C32c2ccccc2)ccc1O. The summed E-state index contributed by atoms with van der Waals surface area (Å²) in [5.74, 6) is -4.21. The second kappa shape index (κ2) is 12.0. The smallest absolute Gasteiger partial charge is 0.246 e. The molecule has 4 aromatic rings. The van der Waals surface area contributed by atoms with Crippen molar-refractivity contribution < 1.29 is 29.4 Å². The number of nitrogens with zero attached hydrogens (tertiary/aromatic N) is 2. The third-order valence-corrected chi connectivity index (χ3v) is 11.6. The zero-order valence-electron chi connectivity index (χ0n) is 27.3.